The normalized spacial score (nSPS) is 10.1. The van der Waals surface area contributed by atoms with E-state index in [1.54, 1.807) is 6.07 Å². The number of aromatic carboxylic acids is 1. The van der Waals surface area contributed by atoms with Crippen LogP contribution in [-0.4, -0.2) is 21.0 Å². The van der Waals surface area contributed by atoms with Crippen LogP contribution in [0.2, 0.25) is 0 Å². The quantitative estimate of drug-likeness (QED) is 0.678. The standard InChI is InChI=1S/C12H7BrN2O5/c13-8-2-1-3-9(15(18)19)11(8)20-10-4-5-14-6-7(10)12(16)17/h1-6H,(H,16,17). The van der Waals surface area contributed by atoms with E-state index < -0.39 is 10.9 Å². The summed E-state index contributed by atoms with van der Waals surface area (Å²) in [7, 11) is 0. The van der Waals surface area contributed by atoms with Crippen LogP contribution in [0.1, 0.15) is 10.4 Å². The minimum atomic E-state index is -1.23. The molecule has 2 aromatic rings. The zero-order valence-electron chi connectivity index (χ0n) is 9.82. The van der Waals surface area contributed by atoms with Crippen LogP contribution < -0.4 is 4.74 Å². The van der Waals surface area contributed by atoms with Gasteiger partial charge in [-0.2, -0.15) is 0 Å². The molecular weight excluding hydrogens is 332 g/mol. The molecule has 0 bridgehead atoms. The fourth-order valence-electron chi connectivity index (χ4n) is 1.48. The number of carboxylic acid groups (broad SMARTS) is 1. The molecule has 0 unspecified atom stereocenters. The van der Waals surface area contributed by atoms with Gasteiger partial charge in [0.05, 0.1) is 9.40 Å². The number of aromatic nitrogens is 1. The summed E-state index contributed by atoms with van der Waals surface area (Å²) in [6.45, 7) is 0. The van der Waals surface area contributed by atoms with E-state index in [-0.39, 0.29) is 22.7 Å². The lowest BCUT2D eigenvalue weighted by Crippen LogP contribution is -2.02. The average molecular weight is 339 g/mol. The van der Waals surface area contributed by atoms with Gasteiger partial charge in [0.2, 0.25) is 5.75 Å². The van der Waals surface area contributed by atoms with Gasteiger partial charge < -0.3 is 9.84 Å². The molecule has 0 atom stereocenters. The number of pyridine rings is 1. The highest BCUT2D eigenvalue weighted by Gasteiger charge is 2.21. The van der Waals surface area contributed by atoms with E-state index in [9.17, 15) is 14.9 Å². The number of ether oxygens (including phenoxy) is 1. The number of rotatable bonds is 4. The topological polar surface area (TPSA) is 103 Å². The molecular formula is C12H7BrN2O5. The van der Waals surface area contributed by atoms with Crippen molar-refractivity contribution in [1.82, 2.24) is 4.98 Å². The van der Waals surface area contributed by atoms with Crippen molar-refractivity contribution in [3.05, 3.63) is 56.8 Å². The highest BCUT2D eigenvalue weighted by atomic mass is 79.9. The van der Waals surface area contributed by atoms with Crippen molar-refractivity contribution in [2.75, 3.05) is 0 Å². The van der Waals surface area contributed by atoms with E-state index in [0.717, 1.165) is 6.20 Å². The molecule has 1 N–H and O–H groups in total. The molecule has 1 aromatic heterocycles. The first-order chi connectivity index (χ1) is 9.50. The number of hydrogen-bond acceptors (Lipinski definition) is 5. The molecule has 0 aliphatic carbocycles. The summed E-state index contributed by atoms with van der Waals surface area (Å²) < 4.78 is 5.73. The Morgan fingerprint density at radius 1 is 1.40 bits per heavy atom. The lowest BCUT2D eigenvalue weighted by molar-refractivity contribution is -0.385. The third-order valence-electron chi connectivity index (χ3n) is 2.37. The van der Waals surface area contributed by atoms with E-state index >= 15 is 0 Å². The first-order valence-electron chi connectivity index (χ1n) is 5.28. The summed E-state index contributed by atoms with van der Waals surface area (Å²) in [5, 5.41) is 20.0. The van der Waals surface area contributed by atoms with Gasteiger partial charge in [-0.1, -0.05) is 6.07 Å². The van der Waals surface area contributed by atoms with Crippen LogP contribution >= 0.6 is 15.9 Å². The first-order valence-corrected chi connectivity index (χ1v) is 6.08. The summed E-state index contributed by atoms with van der Waals surface area (Å²) in [6.07, 6.45) is 2.45. The fraction of sp³-hybridized carbons (Fsp3) is 0. The molecule has 2 rings (SSSR count). The molecule has 0 saturated carbocycles. The highest BCUT2D eigenvalue weighted by Crippen LogP contribution is 2.38. The number of nitrogens with zero attached hydrogens (tertiary/aromatic N) is 2. The van der Waals surface area contributed by atoms with E-state index in [0.29, 0.717) is 4.47 Å². The van der Waals surface area contributed by atoms with Gasteiger partial charge in [-0.15, -0.1) is 0 Å². The van der Waals surface area contributed by atoms with Crippen LogP contribution in [0.3, 0.4) is 0 Å². The van der Waals surface area contributed by atoms with Gasteiger partial charge >= 0.3 is 11.7 Å². The summed E-state index contributed by atoms with van der Waals surface area (Å²) in [6, 6.07) is 5.64. The van der Waals surface area contributed by atoms with Gasteiger partial charge in [-0.25, -0.2) is 4.79 Å². The predicted octanol–water partition coefficient (Wildman–Crippen LogP) is 3.24. The van der Waals surface area contributed by atoms with Gasteiger partial charge in [0, 0.05) is 24.5 Å². The molecule has 8 heteroatoms. The van der Waals surface area contributed by atoms with Crippen LogP contribution in [0.5, 0.6) is 11.5 Å². The van der Waals surface area contributed by atoms with Crippen molar-refractivity contribution in [2.45, 2.75) is 0 Å². The summed E-state index contributed by atoms with van der Waals surface area (Å²) in [5.74, 6) is -1.32. The SMILES string of the molecule is O=C(O)c1cnccc1Oc1c(Br)cccc1[N+](=O)[O-]. The Hall–Kier alpha value is -2.48. The number of hydrogen-bond donors (Lipinski definition) is 1. The van der Waals surface area contributed by atoms with Gasteiger partial charge in [0.25, 0.3) is 0 Å². The molecule has 7 nitrogen and oxygen atoms in total. The predicted molar refractivity (Wildman–Crippen MR) is 72.1 cm³/mol. The molecule has 0 aliphatic rings. The molecule has 0 saturated heterocycles. The van der Waals surface area contributed by atoms with Crippen LogP contribution in [0.4, 0.5) is 5.69 Å². The third kappa shape index (κ3) is 2.75. The van der Waals surface area contributed by atoms with Crippen molar-refractivity contribution >= 4 is 27.6 Å². The first kappa shape index (κ1) is 13.9. The smallest absolute Gasteiger partial charge is 0.341 e. The minimum Gasteiger partial charge on any atom is -0.477 e. The van der Waals surface area contributed by atoms with Crippen molar-refractivity contribution in [3.8, 4) is 11.5 Å². The van der Waals surface area contributed by atoms with Crippen LogP contribution in [-0.2, 0) is 0 Å². The maximum absolute atomic E-state index is 11.1. The number of carbonyl (C=O) groups is 1. The Morgan fingerprint density at radius 3 is 2.80 bits per heavy atom. The Balaban J connectivity index is 2.51. The second-order valence-electron chi connectivity index (χ2n) is 3.62. The summed E-state index contributed by atoms with van der Waals surface area (Å²) in [4.78, 5) is 25.1. The zero-order valence-corrected chi connectivity index (χ0v) is 11.4. The number of halogens is 1. The maximum Gasteiger partial charge on any atom is 0.341 e. The van der Waals surface area contributed by atoms with E-state index in [1.807, 2.05) is 0 Å². The van der Waals surface area contributed by atoms with Crippen molar-refractivity contribution in [1.29, 1.82) is 0 Å². The van der Waals surface area contributed by atoms with Crippen molar-refractivity contribution < 1.29 is 19.6 Å². The second kappa shape index (κ2) is 5.66. The number of nitro groups is 1. The lowest BCUT2D eigenvalue weighted by atomic mass is 10.2. The average Bonchev–Trinajstić information content (AvgIpc) is 2.41. The molecule has 1 aromatic carbocycles. The molecule has 102 valence electrons. The molecule has 0 aliphatic heterocycles. The Bertz CT molecular complexity index is 689. The summed E-state index contributed by atoms with van der Waals surface area (Å²) >= 11 is 3.14. The van der Waals surface area contributed by atoms with E-state index in [1.165, 1.54) is 24.4 Å². The largest absolute Gasteiger partial charge is 0.477 e. The number of nitro benzene ring substituents is 1. The van der Waals surface area contributed by atoms with Gasteiger partial charge in [-0.3, -0.25) is 15.1 Å². The molecule has 20 heavy (non-hydrogen) atoms. The zero-order chi connectivity index (χ0) is 14.7. The van der Waals surface area contributed by atoms with Crippen LogP contribution in [0.25, 0.3) is 0 Å². The van der Waals surface area contributed by atoms with Crippen molar-refractivity contribution in [2.24, 2.45) is 0 Å². The Kier molecular flexibility index (Phi) is 3.94. The summed E-state index contributed by atoms with van der Waals surface area (Å²) in [5.41, 5.74) is -0.454. The molecule has 0 radical (unpaired) electrons. The minimum absolute atomic E-state index is 0.0255. The third-order valence-corrected chi connectivity index (χ3v) is 2.99. The molecule has 1 heterocycles. The molecule has 0 amide bonds. The Labute approximate surface area is 121 Å². The number of benzene rings is 1. The fourth-order valence-corrected chi connectivity index (χ4v) is 1.92. The molecule has 0 spiro atoms. The highest BCUT2D eigenvalue weighted by molar-refractivity contribution is 9.10. The maximum atomic E-state index is 11.1. The molecule has 0 fully saturated rings. The van der Waals surface area contributed by atoms with Crippen LogP contribution in [0.15, 0.2) is 41.1 Å². The van der Waals surface area contributed by atoms with Gasteiger partial charge in [-0.05, 0) is 22.0 Å². The van der Waals surface area contributed by atoms with Gasteiger partial charge in [0.15, 0.2) is 0 Å². The van der Waals surface area contributed by atoms with Crippen molar-refractivity contribution in [3.63, 3.8) is 0 Å². The van der Waals surface area contributed by atoms with Gasteiger partial charge in [0.1, 0.15) is 11.3 Å². The van der Waals surface area contributed by atoms with E-state index in [4.69, 9.17) is 9.84 Å². The second-order valence-corrected chi connectivity index (χ2v) is 4.48. The number of para-hydroxylation sites is 1. The lowest BCUT2D eigenvalue weighted by Gasteiger charge is -2.09. The monoisotopic (exact) mass is 338 g/mol. The van der Waals surface area contributed by atoms with E-state index in [2.05, 4.69) is 20.9 Å². The van der Waals surface area contributed by atoms with Crippen LogP contribution in [0, 0.1) is 10.1 Å². The number of carboxylic acids is 1. The Morgan fingerprint density at radius 2 is 2.15 bits per heavy atom.